The Morgan fingerprint density at radius 3 is 2.12 bits per heavy atom. The van der Waals surface area contributed by atoms with Gasteiger partial charge in [0.1, 0.15) is 17.3 Å². The van der Waals surface area contributed by atoms with E-state index in [2.05, 4.69) is 0 Å². The van der Waals surface area contributed by atoms with Crippen LogP contribution in [0.25, 0.3) is 17.2 Å². The third kappa shape index (κ3) is 7.44. The molecule has 7 nitrogen and oxygen atoms in total. The number of nitrogens with zero attached hydrogens (tertiary/aromatic N) is 1. The molecule has 0 bridgehead atoms. The lowest BCUT2D eigenvalue weighted by Crippen LogP contribution is -2.26. The minimum Gasteiger partial charge on any atom is -0.457 e. The van der Waals surface area contributed by atoms with E-state index in [1.54, 1.807) is 79.9 Å². The third-order valence-corrected chi connectivity index (χ3v) is 7.45. The smallest absolute Gasteiger partial charge is 0.260 e. The van der Waals surface area contributed by atoms with Gasteiger partial charge in [0.15, 0.2) is 5.62 Å². The first-order valence-electron chi connectivity index (χ1n) is 12.0. The lowest BCUT2D eigenvalue weighted by molar-refractivity contribution is -0.125. The standard InChI is InChI=1S/C30H25FN2O5S2/c1-33(19-22-6-10-23(11-7-22)27-4-2-3-5-29(27)40(32,36)37)30(35)28(39-20-34)18-21-8-14-25(15-9-21)38-26-16-12-24(31)13-17-26/h2-18,20H,19H2,1H3,(H2,32,36,37)/b28-18-. The van der Waals surface area contributed by atoms with Gasteiger partial charge in [-0.15, -0.1) is 0 Å². The molecule has 1 amide bonds. The zero-order valence-electron chi connectivity index (χ0n) is 21.4. The van der Waals surface area contributed by atoms with Crippen molar-refractivity contribution in [3.05, 3.63) is 119 Å². The molecule has 0 aromatic heterocycles. The topological polar surface area (TPSA) is 107 Å². The molecule has 4 aromatic rings. The number of likely N-dealkylation sites (N-methyl/N-ethyl adjacent to an activating group) is 1. The molecule has 0 spiro atoms. The van der Waals surface area contributed by atoms with E-state index in [9.17, 15) is 22.4 Å². The second-order valence-electron chi connectivity index (χ2n) is 8.75. The van der Waals surface area contributed by atoms with Crippen LogP contribution < -0.4 is 9.88 Å². The van der Waals surface area contributed by atoms with Crippen LogP contribution in [0.2, 0.25) is 0 Å². The highest BCUT2D eigenvalue weighted by atomic mass is 32.2. The highest BCUT2D eigenvalue weighted by molar-refractivity contribution is 8.16. The molecule has 0 saturated carbocycles. The van der Waals surface area contributed by atoms with Gasteiger partial charge in [0.25, 0.3) is 5.91 Å². The number of nitrogens with two attached hydrogens (primary N) is 1. The number of carbonyl (C=O) groups excluding carboxylic acids is 2. The van der Waals surface area contributed by atoms with Gasteiger partial charge in [-0.1, -0.05) is 54.6 Å². The Labute approximate surface area is 236 Å². The zero-order chi connectivity index (χ0) is 28.7. The van der Waals surface area contributed by atoms with E-state index in [4.69, 9.17) is 9.88 Å². The summed E-state index contributed by atoms with van der Waals surface area (Å²) >= 11 is 0.784. The molecule has 0 fully saturated rings. The number of sulfonamides is 1. The van der Waals surface area contributed by atoms with E-state index >= 15 is 0 Å². The molecule has 204 valence electrons. The first-order valence-corrected chi connectivity index (χ1v) is 14.4. The number of thioether (sulfide) groups is 1. The fraction of sp³-hybridized carbons (Fsp3) is 0.0667. The van der Waals surface area contributed by atoms with Crippen LogP contribution in [-0.2, 0) is 26.2 Å². The van der Waals surface area contributed by atoms with Crippen LogP contribution >= 0.6 is 11.8 Å². The summed E-state index contributed by atoms with van der Waals surface area (Å²) in [5, 5.41) is 5.35. The number of hydrogen-bond donors (Lipinski definition) is 1. The second kappa shape index (κ2) is 12.7. The minimum atomic E-state index is -3.89. The fourth-order valence-electron chi connectivity index (χ4n) is 3.90. The Hall–Kier alpha value is -4.25. The van der Waals surface area contributed by atoms with Crippen molar-refractivity contribution in [2.24, 2.45) is 5.14 Å². The van der Waals surface area contributed by atoms with Crippen molar-refractivity contribution in [2.75, 3.05) is 7.05 Å². The normalized spacial score (nSPS) is 11.6. The van der Waals surface area contributed by atoms with Crippen molar-refractivity contribution in [1.82, 2.24) is 4.90 Å². The van der Waals surface area contributed by atoms with Crippen molar-refractivity contribution in [3.63, 3.8) is 0 Å². The van der Waals surface area contributed by atoms with E-state index in [1.807, 2.05) is 0 Å². The summed E-state index contributed by atoms with van der Waals surface area (Å²) in [5.41, 5.74) is 3.26. The molecule has 2 N–H and O–H groups in total. The van der Waals surface area contributed by atoms with Crippen LogP contribution in [-0.4, -0.2) is 31.9 Å². The number of ether oxygens (including phenoxy) is 1. The maximum absolute atomic E-state index is 13.2. The molecule has 4 rings (SSSR count). The maximum atomic E-state index is 13.2. The molecular weight excluding hydrogens is 551 g/mol. The zero-order valence-corrected chi connectivity index (χ0v) is 23.0. The third-order valence-electron chi connectivity index (χ3n) is 5.84. The van der Waals surface area contributed by atoms with Gasteiger partial charge in [-0.2, -0.15) is 0 Å². The average molecular weight is 577 g/mol. The Morgan fingerprint density at radius 1 is 0.925 bits per heavy atom. The van der Waals surface area contributed by atoms with Gasteiger partial charge in [-0.3, -0.25) is 9.59 Å². The summed E-state index contributed by atoms with van der Waals surface area (Å²) < 4.78 is 42.7. The summed E-state index contributed by atoms with van der Waals surface area (Å²) in [6.07, 6.45) is 1.62. The molecule has 0 aliphatic rings. The first-order chi connectivity index (χ1) is 19.1. The SMILES string of the molecule is CN(Cc1ccc(-c2ccccc2S(N)(=O)=O)cc1)C(=O)/C(=C/c1ccc(Oc2ccc(F)cc2)cc1)SC=O. The average Bonchev–Trinajstić information content (AvgIpc) is 2.94. The molecule has 0 saturated heterocycles. The molecule has 4 aromatic carbocycles. The molecule has 0 aliphatic heterocycles. The van der Waals surface area contributed by atoms with Crippen molar-refractivity contribution in [3.8, 4) is 22.6 Å². The van der Waals surface area contributed by atoms with Crippen LogP contribution in [0.5, 0.6) is 11.5 Å². The van der Waals surface area contributed by atoms with Crippen LogP contribution in [0.3, 0.4) is 0 Å². The molecule has 0 heterocycles. The molecule has 10 heteroatoms. The summed E-state index contributed by atoms with van der Waals surface area (Å²) in [7, 11) is -2.26. The lowest BCUT2D eigenvalue weighted by atomic mass is 10.0. The highest BCUT2D eigenvalue weighted by Gasteiger charge is 2.17. The molecule has 0 aliphatic carbocycles. The van der Waals surface area contributed by atoms with Crippen LogP contribution in [0.4, 0.5) is 4.39 Å². The lowest BCUT2D eigenvalue weighted by Gasteiger charge is -2.18. The number of benzene rings is 4. The van der Waals surface area contributed by atoms with Gasteiger partial charge in [0, 0.05) is 19.2 Å². The fourth-order valence-corrected chi connectivity index (χ4v) is 5.22. The molecule has 40 heavy (non-hydrogen) atoms. The van der Waals surface area contributed by atoms with Gasteiger partial charge in [-0.25, -0.2) is 17.9 Å². The van der Waals surface area contributed by atoms with Crippen molar-refractivity contribution < 1.29 is 27.1 Å². The van der Waals surface area contributed by atoms with E-state index in [-0.39, 0.29) is 28.1 Å². The summed E-state index contributed by atoms with van der Waals surface area (Å²) in [6.45, 7) is 0.261. The van der Waals surface area contributed by atoms with Crippen LogP contribution in [0, 0.1) is 5.82 Å². The van der Waals surface area contributed by atoms with Crippen molar-refractivity contribution in [1.29, 1.82) is 0 Å². The van der Waals surface area contributed by atoms with E-state index < -0.39 is 10.0 Å². The monoisotopic (exact) mass is 576 g/mol. The minimum absolute atomic E-state index is 0.0331. The van der Waals surface area contributed by atoms with Gasteiger partial charge in [-0.05, 0) is 77.0 Å². The number of primary sulfonamides is 1. The van der Waals surface area contributed by atoms with E-state index in [0.29, 0.717) is 33.8 Å². The number of hydrogen-bond acceptors (Lipinski definition) is 6. The second-order valence-corrected chi connectivity index (χ2v) is 11.1. The number of halogens is 1. The van der Waals surface area contributed by atoms with Gasteiger partial charge >= 0.3 is 0 Å². The van der Waals surface area contributed by atoms with E-state index in [1.165, 1.54) is 35.2 Å². The Balaban J connectivity index is 1.45. The largest absolute Gasteiger partial charge is 0.457 e. The predicted octanol–water partition coefficient (Wildman–Crippen LogP) is 5.86. The molecule has 0 unspecified atom stereocenters. The maximum Gasteiger partial charge on any atom is 0.260 e. The van der Waals surface area contributed by atoms with Gasteiger partial charge in [0.2, 0.25) is 10.0 Å². The van der Waals surface area contributed by atoms with Crippen molar-refractivity contribution >= 4 is 39.4 Å². The quantitative estimate of drug-likeness (QED) is 0.187. The number of amides is 1. The summed E-state index contributed by atoms with van der Waals surface area (Å²) in [5.74, 6) is 0.324. The molecule has 0 radical (unpaired) electrons. The highest BCUT2D eigenvalue weighted by Crippen LogP contribution is 2.28. The summed E-state index contributed by atoms with van der Waals surface area (Å²) in [4.78, 5) is 26.2. The molecule has 0 atom stereocenters. The van der Waals surface area contributed by atoms with Gasteiger partial charge < -0.3 is 9.64 Å². The first kappa shape index (κ1) is 28.8. The Bertz CT molecular complexity index is 1640. The van der Waals surface area contributed by atoms with E-state index in [0.717, 1.165) is 17.3 Å². The Kier molecular flexibility index (Phi) is 9.15. The van der Waals surface area contributed by atoms with Crippen LogP contribution in [0.1, 0.15) is 11.1 Å². The summed E-state index contributed by atoms with van der Waals surface area (Å²) in [6, 6.07) is 26.2. The van der Waals surface area contributed by atoms with Crippen molar-refractivity contribution in [2.45, 2.75) is 11.4 Å². The van der Waals surface area contributed by atoms with Crippen LogP contribution in [0.15, 0.2) is 107 Å². The Morgan fingerprint density at radius 2 is 1.52 bits per heavy atom. The molecular formula is C30H25FN2O5S2. The number of rotatable bonds is 10. The van der Waals surface area contributed by atoms with Gasteiger partial charge in [0.05, 0.1) is 9.80 Å². The number of carbonyl (C=O) groups is 2. The predicted molar refractivity (Wildman–Crippen MR) is 155 cm³/mol.